The molecule has 6 heteroatoms. The Kier molecular flexibility index (Phi) is 3.72. The van der Waals surface area contributed by atoms with E-state index in [4.69, 9.17) is 9.78 Å². The molecule has 0 aliphatic rings. The number of nitriles is 1. The van der Waals surface area contributed by atoms with Crippen molar-refractivity contribution < 1.29 is 8.91 Å². The van der Waals surface area contributed by atoms with Crippen LogP contribution in [0.3, 0.4) is 0 Å². The number of rotatable bonds is 3. The Morgan fingerprint density at radius 2 is 2.33 bits per heavy atom. The standard InChI is InChI=1S/C12H9BrFN3O/c1-7(6-15)4-11-16-12(17-18-11)8-2-3-10(14)9(13)5-8/h2-3,5,7H,4H2,1H3. The number of benzene rings is 1. The highest BCUT2D eigenvalue weighted by molar-refractivity contribution is 9.10. The fourth-order valence-electron chi connectivity index (χ4n) is 1.40. The second-order valence-corrected chi connectivity index (χ2v) is 4.73. The summed E-state index contributed by atoms with van der Waals surface area (Å²) in [4.78, 5) is 4.17. The van der Waals surface area contributed by atoms with Gasteiger partial charge in [-0.25, -0.2) is 4.39 Å². The smallest absolute Gasteiger partial charge is 0.228 e. The zero-order valence-electron chi connectivity index (χ0n) is 9.52. The van der Waals surface area contributed by atoms with Crippen LogP contribution in [0, 0.1) is 23.1 Å². The third-order valence-electron chi connectivity index (χ3n) is 2.35. The first kappa shape index (κ1) is 12.7. The van der Waals surface area contributed by atoms with Crippen molar-refractivity contribution in [2.45, 2.75) is 13.3 Å². The molecule has 0 N–H and O–H groups in total. The van der Waals surface area contributed by atoms with Crippen LogP contribution in [0.15, 0.2) is 27.2 Å². The van der Waals surface area contributed by atoms with Crippen molar-refractivity contribution in [2.75, 3.05) is 0 Å². The highest BCUT2D eigenvalue weighted by atomic mass is 79.9. The lowest BCUT2D eigenvalue weighted by atomic mass is 10.1. The van der Waals surface area contributed by atoms with Gasteiger partial charge in [0.2, 0.25) is 11.7 Å². The van der Waals surface area contributed by atoms with Gasteiger partial charge >= 0.3 is 0 Å². The Hall–Kier alpha value is -1.74. The van der Waals surface area contributed by atoms with Crippen molar-refractivity contribution in [3.63, 3.8) is 0 Å². The maximum Gasteiger partial charge on any atom is 0.228 e. The SMILES string of the molecule is CC(C#N)Cc1nc(-c2ccc(F)c(Br)c2)no1. The minimum absolute atomic E-state index is 0.182. The van der Waals surface area contributed by atoms with Crippen LogP contribution < -0.4 is 0 Å². The second-order valence-electron chi connectivity index (χ2n) is 3.87. The lowest BCUT2D eigenvalue weighted by Gasteiger charge is -1.97. The molecule has 0 aliphatic heterocycles. The van der Waals surface area contributed by atoms with Crippen LogP contribution in [0.2, 0.25) is 0 Å². The summed E-state index contributed by atoms with van der Waals surface area (Å²) in [5.41, 5.74) is 0.655. The predicted octanol–water partition coefficient (Wildman–Crippen LogP) is 3.34. The van der Waals surface area contributed by atoms with Gasteiger partial charge in [0.1, 0.15) is 5.82 Å². The van der Waals surface area contributed by atoms with Crippen molar-refractivity contribution >= 4 is 15.9 Å². The second kappa shape index (κ2) is 5.27. The molecule has 0 amide bonds. The van der Waals surface area contributed by atoms with Crippen LogP contribution in [0.25, 0.3) is 11.4 Å². The van der Waals surface area contributed by atoms with E-state index >= 15 is 0 Å². The molecule has 1 aromatic heterocycles. The van der Waals surface area contributed by atoms with E-state index in [-0.39, 0.29) is 11.7 Å². The summed E-state index contributed by atoms with van der Waals surface area (Å²) in [6, 6.07) is 6.57. The molecule has 1 heterocycles. The molecule has 0 spiro atoms. The topological polar surface area (TPSA) is 62.7 Å². The Morgan fingerprint density at radius 3 is 3.00 bits per heavy atom. The fourth-order valence-corrected chi connectivity index (χ4v) is 1.78. The zero-order chi connectivity index (χ0) is 13.1. The Morgan fingerprint density at radius 1 is 1.56 bits per heavy atom. The van der Waals surface area contributed by atoms with E-state index in [1.165, 1.54) is 6.07 Å². The molecule has 1 atom stereocenters. The van der Waals surface area contributed by atoms with E-state index in [2.05, 4.69) is 32.1 Å². The maximum atomic E-state index is 13.1. The number of hydrogen-bond acceptors (Lipinski definition) is 4. The summed E-state index contributed by atoms with van der Waals surface area (Å²) in [7, 11) is 0. The molecule has 0 fully saturated rings. The molecule has 1 unspecified atom stereocenters. The molecule has 2 rings (SSSR count). The van der Waals surface area contributed by atoms with Crippen LogP contribution in [0.5, 0.6) is 0 Å². The summed E-state index contributed by atoms with van der Waals surface area (Å²) in [6.45, 7) is 1.78. The predicted molar refractivity (Wildman–Crippen MR) is 65.9 cm³/mol. The van der Waals surface area contributed by atoms with Crippen LogP contribution in [0.1, 0.15) is 12.8 Å². The first-order chi connectivity index (χ1) is 8.60. The molecule has 2 aromatic rings. The minimum Gasteiger partial charge on any atom is -0.339 e. The van der Waals surface area contributed by atoms with Gasteiger partial charge in [-0.1, -0.05) is 5.16 Å². The minimum atomic E-state index is -0.347. The summed E-state index contributed by atoms with van der Waals surface area (Å²) in [5.74, 6) is 0.258. The highest BCUT2D eigenvalue weighted by Gasteiger charge is 2.12. The average Bonchev–Trinajstić information content (AvgIpc) is 2.81. The van der Waals surface area contributed by atoms with Crippen molar-refractivity contribution in [3.05, 3.63) is 34.4 Å². The van der Waals surface area contributed by atoms with Gasteiger partial charge in [0.15, 0.2) is 0 Å². The molecule has 0 bridgehead atoms. The van der Waals surface area contributed by atoms with E-state index in [9.17, 15) is 4.39 Å². The van der Waals surface area contributed by atoms with E-state index in [1.807, 2.05) is 0 Å². The van der Waals surface area contributed by atoms with Gasteiger partial charge in [-0.05, 0) is 41.1 Å². The van der Waals surface area contributed by atoms with E-state index in [1.54, 1.807) is 19.1 Å². The van der Waals surface area contributed by atoms with E-state index in [0.29, 0.717) is 28.2 Å². The van der Waals surface area contributed by atoms with Crippen LogP contribution in [0.4, 0.5) is 4.39 Å². The largest absolute Gasteiger partial charge is 0.339 e. The van der Waals surface area contributed by atoms with Gasteiger partial charge in [-0.2, -0.15) is 10.2 Å². The van der Waals surface area contributed by atoms with Gasteiger partial charge in [0.25, 0.3) is 0 Å². The quantitative estimate of drug-likeness (QED) is 0.872. The van der Waals surface area contributed by atoms with Crippen molar-refractivity contribution in [1.29, 1.82) is 5.26 Å². The lowest BCUT2D eigenvalue weighted by Crippen LogP contribution is -1.96. The summed E-state index contributed by atoms with van der Waals surface area (Å²) in [6.07, 6.45) is 0.409. The van der Waals surface area contributed by atoms with Gasteiger partial charge in [-0.15, -0.1) is 0 Å². The van der Waals surface area contributed by atoms with Crippen LogP contribution in [-0.4, -0.2) is 10.1 Å². The van der Waals surface area contributed by atoms with E-state index < -0.39 is 0 Å². The molecule has 1 aromatic carbocycles. The summed E-state index contributed by atoms with van der Waals surface area (Å²) in [5, 5.41) is 12.5. The van der Waals surface area contributed by atoms with E-state index in [0.717, 1.165) is 0 Å². The number of aromatic nitrogens is 2. The molecule has 92 valence electrons. The highest BCUT2D eigenvalue weighted by Crippen LogP contribution is 2.23. The van der Waals surface area contributed by atoms with Crippen LogP contribution in [-0.2, 0) is 6.42 Å². The molecule has 0 saturated carbocycles. The molecule has 0 aliphatic carbocycles. The Balaban J connectivity index is 2.24. The van der Waals surface area contributed by atoms with Crippen LogP contribution >= 0.6 is 15.9 Å². The Labute approximate surface area is 112 Å². The number of halogens is 2. The molecular weight excluding hydrogens is 301 g/mol. The van der Waals surface area contributed by atoms with Crippen molar-refractivity contribution in [3.8, 4) is 17.5 Å². The maximum absolute atomic E-state index is 13.1. The van der Waals surface area contributed by atoms with Gasteiger partial charge in [0, 0.05) is 12.0 Å². The Bertz CT molecular complexity index is 606. The summed E-state index contributed by atoms with van der Waals surface area (Å²) < 4.78 is 18.5. The molecule has 18 heavy (non-hydrogen) atoms. The first-order valence-electron chi connectivity index (χ1n) is 5.27. The number of nitrogens with zero attached hydrogens (tertiary/aromatic N) is 3. The molecular formula is C12H9BrFN3O. The molecule has 0 saturated heterocycles. The van der Waals surface area contributed by atoms with Gasteiger partial charge < -0.3 is 4.52 Å². The normalized spacial score (nSPS) is 12.1. The third kappa shape index (κ3) is 2.74. The van der Waals surface area contributed by atoms with Gasteiger partial charge in [0.05, 0.1) is 16.5 Å². The zero-order valence-corrected chi connectivity index (χ0v) is 11.1. The van der Waals surface area contributed by atoms with Gasteiger partial charge in [-0.3, -0.25) is 0 Å². The van der Waals surface area contributed by atoms with Crippen molar-refractivity contribution in [1.82, 2.24) is 10.1 Å². The molecule has 4 nitrogen and oxygen atoms in total. The lowest BCUT2D eigenvalue weighted by molar-refractivity contribution is 0.369. The first-order valence-corrected chi connectivity index (χ1v) is 6.07. The fraction of sp³-hybridized carbons (Fsp3) is 0.250. The summed E-state index contributed by atoms with van der Waals surface area (Å²) >= 11 is 3.10. The molecule has 0 radical (unpaired) electrons. The monoisotopic (exact) mass is 309 g/mol. The van der Waals surface area contributed by atoms with Crippen molar-refractivity contribution in [2.24, 2.45) is 5.92 Å². The average molecular weight is 310 g/mol. The third-order valence-corrected chi connectivity index (χ3v) is 2.95. The number of hydrogen-bond donors (Lipinski definition) is 0.